The molecule has 2 rings (SSSR count). The van der Waals surface area contributed by atoms with E-state index < -0.39 is 0 Å². The summed E-state index contributed by atoms with van der Waals surface area (Å²) in [7, 11) is 0. The second-order valence-corrected chi connectivity index (χ2v) is 5.65. The van der Waals surface area contributed by atoms with Crippen LogP contribution >= 0.6 is 0 Å². The number of carbonyl (C=O) groups is 2. The monoisotopic (exact) mass is 305 g/mol. The van der Waals surface area contributed by atoms with Crippen LogP contribution in [0.5, 0.6) is 0 Å². The summed E-state index contributed by atoms with van der Waals surface area (Å²) in [5.41, 5.74) is 1.17. The molecule has 1 saturated heterocycles. The third-order valence-corrected chi connectivity index (χ3v) is 3.30. The van der Waals surface area contributed by atoms with Crippen molar-refractivity contribution in [1.29, 1.82) is 0 Å². The van der Waals surface area contributed by atoms with Crippen LogP contribution < -0.4 is 10.6 Å². The molecule has 2 N–H and O–H groups in total. The Bertz CT molecular complexity index is 525. The van der Waals surface area contributed by atoms with Crippen LogP contribution in [0, 0.1) is 0 Å². The van der Waals surface area contributed by atoms with Crippen LogP contribution in [0.25, 0.3) is 0 Å². The number of benzene rings is 1. The molecule has 0 atom stereocenters. The molecule has 1 aliphatic heterocycles. The number of anilines is 1. The van der Waals surface area contributed by atoms with Gasteiger partial charge in [0.25, 0.3) is 5.91 Å². The summed E-state index contributed by atoms with van der Waals surface area (Å²) >= 11 is 0. The van der Waals surface area contributed by atoms with E-state index in [0.717, 1.165) is 13.1 Å². The lowest BCUT2D eigenvalue weighted by Gasteiger charge is -2.25. The molecule has 0 radical (unpaired) electrons. The number of nitrogens with one attached hydrogen (secondary N) is 2. The first-order chi connectivity index (χ1) is 10.5. The summed E-state index contributed by atoms with van der Waals surface area (Å²) in [6.07, 6.45) is 0. The third kappa shape index (κ3) is 5.13. The normalized spacial score (nSPS) is 15.6. The van der Waals surface area contributed by atoms with Gasteiger partial charge in [0.1, 0.15) is 0 Å². The SMILES string of the molecule is CC(C)NC(=O)c1cccc(NC(=O)CN2CCOCC2)c1. The van der Waals surface area contributed by atoms with Crippen LogP contribution in [0.1, 0.15) is 24.2 Å². The van der Waals surface area contributed by atoms with Gasteiger partial charge in [-0.05, 0) is 32.0 Å². The van der Waals surface area contributed by atoms with E-state index in [-0.39, 0.29) is 17.9 Å². The average molecular weight is 305 g/mol. The zero-order valence-electron chi connectivity index (χ0n) is 13.1. The summed E-state index contributed by atoms with van der Waals surface area (Å²) in [6.45, 7) is 7.02. The molecular weight excluding hydrogens is 282 g/mol. The van der Waals surface area contributed by atoms with Crippen LogP contribution in [-0.2, 0) is 9.53 Å². The van der Waals surface area contributed by atoms with Gasteiger partial charge in [0.15, 0.2) is 0 Å². The summed E-state index contributed by atoms with van der Waals surface area (Å²) in [5, 5.41) is 5.67. The molecule has 1 heterocycles. The first-order valence-corrected chi connectivity index (χ1v) is 7.55. The molecular formula is C16H23N3O3. The highest BCUT2D eigenvalue weighted by molar-refractivity contribution is 5.97. The van der Waals surface area contributed by atoms with E-state index in [1.54, 1.807) is 24.3 Å². The van der Waals surface area contributed by atoms with Gasteiger partial charge in [0.2, 0.25) is 5.91 Å². The number of hydrogen-bond acceptors (Lipinski definition) is 4. The minimum atomic E-state index is -0.140. The molecule has 0 aromatic heterocycles. The number of amides is 2. The van der Waals surface area contributed by atoms with Crippen molar-refractivity contribution in [3.8, 4) is 0 Å². The number of rotatable bonds is 5. The Morgan fingerprint density at radius 2 is 2.00 bits per heavy atom. The topological polar surface area (TPSA) is 70.7 Å². The Kier molecular flexibility index (Phi) is 5.91. The van der Waals surface area contributed by atoms with Crippen molar-refractivity contribution in [2.45, 2.75) is 19.9 Å². The highest BCUT2D eigenvalue weighted by atomic mass is 16.5. The summed E-state index contributed by atoms with van der Waals surface area (Å²) in [5.74, 6) is -0.220. The third-order valence-electron chi connectivity index (χ3n) is 3.30. The predicted molar refractivity (Wildman–Crippen MR) is 84.9 cm³/mol. The minimum Gasteiger partial charge on any atom is -0.379 e. The number of carbonyl (C=O) groups excluding carboxylic acids is 2. The Morgan fingerprint density at radius 3 is 2.68 bits per heavy atom. The van der Waals surface area contributed by atoms with E-state index in [4.69, 9.17) is 4.74 Å². The van der Waals surface area contributed by atoms with Crippen LogP contribution in [0.15, 0.2) is 24.3 Å². The Morgan fingerprint density at radius 1 is 1.27 bits per heavy atom. The molecule has 0 aliphatic carbocycles. The summed E-state index contributed by atoms with van der Waals surface area (Å²) in [6, 6.07) is 7.04. The maximum absolute atomic E-state index is 12.0. The lowest BCUT2D eigenvalue weighted by Crippen LogP contribution is -2.41. The zero-order valence-corrected chi connectivity index (χ0v) is 13.1. The largest absolute Gasteiger partial charge is 0.379 e. The first kappa shape index (κ1) is 16.5. The molecule has 0 saturated carbocycles. The summed E-state index contributed by atoms with van der Waals surface area (Å²) in [4.78, 5) is 26.1. The van der Waals surface area contributed by atoms with Gasteiger partial charge in [0.05, 0.1) is 19.8 Å². The maximum Gasteiger partial charge on any atom is 0.251 e. The van der Waals surface area contributed by atoms with E-state index in [1.165, 1.54) is 0 Å². The standard InChI is InChI=1S/C16H23N3O3/c1-12(2)17-16(21)13-4-3-5-14(10-13)18-15(20)11-19-6-8-22-9-7-19/h3-5,10,12H,6-9,11H2,1-2H3,(H,17,21)(H,18,20). The fraction of sp³-hybridized carbons (Fsp3) is 0.500. The Labute approximate surface area is 130 Å². The molecule has 22 heavy (non-hydrogen) atoms. The highest BCUT2D eigenvalue weighted by Gasteiger charge is 2.14. The van der Waals surface area contributed by atoms with Gasteiger partial charge in [0, 0.05) is 30.4 Å². The summed E-state index contributed by atoms with van der Waals surface area (Å²) < 4.78 is 5.26. The Hall–Kier alpha value is -1.92. The van der Waals surface area contributed by atoms with Crippen molar-refractivity contribution in [1.82, 2.24) is 10.2 Å². The van der Waals surface area contributed by atoms with Gasteiger partial charge >= 0.3 is 0 Å². The molecule has 0 bridgehead atoms. The number of morpholine rings is 1. The van der Waals surface area contributed by atoms with Crippen molar-refractivity contribution < 1.29 is 14.3 Å². The van der Waals surface area contributed by atoms with Crippen LogP contribution in [0.4, 0.5) is 5.69 Å². The molecule has 1 aromatic carbocycles. The number of hydrogen-bond donors (Lipinski definition) is 2. The highest BCUT2D eigenvalue weighted by Crippen LogP contribution is 2.11. The quantitative estimate of drug-likeness (QED) is 0.854. The lowest BCUT2D eigenvalue weighted by molar-refractivity contribution is -0.118. The average Bonchev–Trinajstić information content (AvgIpc) is 2.47. The van der Waals surface area contributed by atoms with Gasteiger partial charge in [-0.2, -0.15) is 0 Å². The molecule has 1 fully saturated rings. The molecule has 6 nitrogen and oxygen atoms in total. The van der Waals surface area contributed by atoms with Gasteiger partial charge in [-0.1, -0.05) is 6.07 Å². The molecule has 120 valence electrons. The van der Waals surface area contributed by atoms with Crippen molar-refractivity contribution in [2.75, 3.05) is 38.2 Å². The molecule has 0 spiro atoms. The number of ether oxygens (including phenoxy) is 1. The lowest BCUT2D eigenvalue weighted by atomic mass is 10.1. The number of nitrogens with zero attached hydrogens (tertiary/aromatic N) is 1. The van der Waals surface area contributed by atoms with Crippen molar-refractivity contribution in [2.24, 2.45) is 0 Å². The van der Waals surface area contributed by atoms with Gasteiger partial charge in [-0.15, -0.1) is 0 Å². The minimum absolute atomic E-state index is 0.0760. The first-order valence-electron chi connectivity index (χ1n) is 7.55. The van der Waals surface area contributed by atoms with E-state index in [0.29, 0.717) is 31.0 Å². The van der Waals surface area contributed by atoms with Crippen LogP contribution in [0.3, 0.4) is 0 Å². The molecule has 2 amide bonds. The van der Waals surface area contributed by atoms with E-state index in [9.17, 15) is 9.59 Å². The van der Waals surface area contributed by atoms with E-state index >= 15 is 0 Å². The molecule has 1 aliphatic rings. The van der Waals surface area contributed by atoms with Gasteiger partial charge in [-0.3, -0.25) is 14.5 Å². The maximum atomic E-state index is 12.0. The van der Waals surface area contributed by atoms with Gasteiger partial charge in [-0.25, -0.2) is 0 Å². The van der Waals surface area contributed by atoms with E-state index in [1.807, 2.05) is 18.7 Å². The zero-order chi connectivity index (χ0) is 15.9. The molecule has 0 unspecified atom stereocenters. The van der Waals surface area contributed by atoms with Crippen molar-refractivity contribution in [3.05, 3.63) is 29.8 Å². The Balaban J connectivity index is 1.91. The van der Waals surface area contributed by atoms with Crippen molar-refractivity contribution in [3.63, 3.8) is 0 Å². The van der Waals surface area contributed by atoms with Gasteiger partial charge < -0.3 is 15.4 Å². The molecule has 1 aromatic rings. The van der Waals surface area contributed by atoms with E-state index in [2.05, 4.69) is 10.6 Å². The van der Waals surface area contributed by atoms with Crippen LogP contribution in [0.2, 0.25) is 0 Å². The predicted octanol–water partition coefficient (Wildman–Crippen LogP) is 1.10. The fourth-order valence-electron chi connectivity index (χ4n) is 2.25. The van der Waals surface area contributed by atoms with Crippen molar-refractivity contribution >= 4 is 17.5 Å². The second kappa shape index (κ2) is 7.91. The molecule has 6 heteroatoms. The smallest absolute Gasteiger partial charge is 0.251 e. The van der Waals surface area contributed by atoms with Crippen LogP contribution in [-0.4, -0.2) is 55.6 Å². The second-order valence-electron chi connectivity index (χ2n) is 5.65. The fourth-order valence-corrected chi connectivity index (χ4v) is 2.25.